The van der Waals surface area contributed by atoms with Gasteiger partial charge in [0.25, 0.3) is 0 Å². The van der Waals surface area contributed by atoms with Crippen molar-refractivity contribution >= 4 is 29.5 Å². The maximum absolute atomic E-state index is 14.6. The number of allylic oxidation sites excluding steroid dienone is 5. The minimum atomic E-state index is -1.30. The molecule has 1 fully saturated rings. The number of phenols is 1. The number of fused-ring (bicyclic) bond motifs is 6. The van der Waals surface area contributed by atoms with Crippen molar-refractivity contribution in [1.29, 1.82) is 0 Å². The van der Waals surface area contributed by atoms with Crippen molar-refractivity contribution in [3.8, 4) is 17.2 Å². The normalized spacial score (nSPS) is 26.2. The van der Waals surface area contributed by atoms with Crippen molar-refractivity contribution in [3.05, 3.63) is 69.4 Å². The molecule has 5 atom stereocenters. The minimum Gasteiger partial charge on any atom is -0.506 e. The van der Waals surface area contributed by atoms with E-state index < -0.39 is 34.8 Å². The number of aromatic hydroxyl groups is 1. The van der Waals surface area contributed by atoms with E-state index in [0.29, 0.717) is 72.4 Å². The van der Waals surface area contributed by atoms with Crippen molar-refractivity contribution in [1.82, 2.24) is 5.32 Å². The number of ketones is 2. The molecule has 0 saturated carbocycles. The second-order valence-electron chi connectivity index (χ2n) is 17.1. The highest BCUT2D eigenvalue weighted by molar-refractivity contribution is 6.16. The molecule has 1 aromatic carbocycles. The first-order chi connectivity index (χ1) is 25.8. The first-order valence-corrected chi connectivity index (χ1v) is 19.7. The van der Waals surface area contributed by atoms with Crippen LogP contribution < -0.4 is 14.8 Å². The summed E-state index contributed by atoms with van der Waals surface area (Å²) in [6.07, 6.45) is 15.3. The second kappa shape index (κ2) is 16.3. The quantitative estimate of drug-likeness (QED) is 0.0965. The number of benzene rings is 1. The SMILES string of the molecule is CC(C)=CCCC1(C)C=Cc2c(O)c3c(c(CC=C(C)C)c2O1)OC1C(=CC2CC1C(C)(C)OC(C)(C/C=C(/C)C(=O)NCCCCCC(=O)O)C2=O)C3=O. The summed E-state index contributed by atoms with van der Waals surface area (Å²) in [7, 11) is 0. The van der Waals surface area contributed by atoms with Crippen molar-refractivity contribution in [2.75, 3.05) is 6.54 Å². The van der Waals surface area contributed by atoms with Crippen molar-refractivity contribution in [3.63, 3.8) is 0 Å². The third-order valence-electron chi connectivity index (χ3n) is 11.4. The summed E-state index contributed by atoms with van der Waals surface area (Å²) in [5.41, 5.74) is 1.45. The van der Waals surface area contributed by atoms with Gasteiger partial charge in [-0.1, -0.05) is 41.9 Å². The van der Waals surface area contributed by atoms with Gasteiger partial charge in [0.1, 0.15) is 40.1 Å². The van der Waals surface area contributed by atoms with Crippen LogP contribution in [0.15, 0.2) is 52.7 Å². The van der Waals surface area contributed by atoms with Crippen LogP contribution in [0.2, 0.25) is 0 Å². The lowest BCUT2D eigenvalue weighted by atomic mass is 9.69. The van der Waals surface area contributed by atoms with Crippen LogP contribution in [0, 0.1) is 11.8 Å². The fourth-order valence-corrected chi connectivity index (χ4v) is 8.23. The van der Waals surface area contributed by atoms with Crippen LogP contribution in [0.3, 0.4) is 0 Å². The number of hydrogen-bond donors (Lipinski definition) is 3. The lowest BCUT2D eigenvalue weighted by molar-refractivity contribution is -0.171. The smallest absolute Gasteiger partial charge is 0.303 e. The Morgan fingerprint density at radius 2 is 1.67 bits per heavy atom. The van der Waals surface area contributed by atoms with E-state index in [1.807, 2.05) is 46.8 Å². The maximum Gasteiger partial charge on any atom is 0.303 e. The molecule has 5 rings (SSSR count). The molecular formula is C45H59NO9. The summed E-state index contributed by atoms with van der Waals surface area (Å²) < 4.78 is 20.4. The fourth-order valence-electron chi connectivity index (χ4n) is 8.23. The number of rotatable bonds is 14. The molecule has 0 aromatic heterocycles. The van der Waals surface area contributed by atoms with Gasteiger partial charge >= 0.3 is 5.97 Å². The van der Waals surface area contributed by atoms with E-state index >= 15 is 0 Å². The summed E-state index contributed by atoms with van der Waals surface area (Å²) in [4.78, 5) is 52.6. The minimum absolute atomic E-state index is 0.0823. The Balaban J connectivity index is 1.45. The van der Waals surface area contributed by atoms with Crippen LogP contribution in [0.4, 0.5) is 0 Å². The summed E-state index contributed by atoms with van der Waals surface area (Å²) in [6, 6.07) is 0. The van der Waals surface area contributed by atoms with Crippen molar-refractivity contribution < 1.29 is 43.6 Å². The number of carboxylic acids is 1. The van der Waals surface area contributed by atoms with E-state index in [9.17, 15) is 24.3 Å². The van der Waals surface area contributed by atoms with Crippen LogP contribution in [0.5, 0.6) is 17.2 Å². The van der Waals surface area contributed by atoms with Crippen LogP contribution in [0.25, 0.3) is 6.08 Å². The predicted molar refractivity (Wildman–Crippen MR) is 212 cm³/mol. The van der Waals surface area contributed by atoms with Gasteiger partial charge in [-0.3, -0.25) is 19.2 Å². The van der Waals surface area contributed by atoms with E-state index in [4.69, 9.17) is 19.3 Å². The number of Topliss-reactive ketones (excluding diaryl/α,β-unsaturated/α-hetero) is 2. The van der Waals surface area contributed by atoms with Crippen LogP contribution in [-0.2, 0) is 25.5 Å². The molecule has 2 bridgehead atoms. The van der Waals surface area contributed by atoms with Gasteiger partial charge in [0, 0.05) is 47.9 Å². The average Bonchev–Trinajstić information content (AvgIpc) is 3.15. The number of amides is 1. The number of ether oxygens (including phenoxy) is 3. The van der Waals surface area contributed by atoms with Crippen molar-refractivity contribution in [2.45, 2.75) is 143 Å². The van der Waals surface area contributed by atoms with Gasteiger partial charge in [-0.25, -0.2) is 0 Å². The first kappa shape index (κ1) is 41.7. The molecule has 3 N–H and O–H groups in total. The Morgan fingerprint density at radius 1 is 0.964 bits per heavy atom. The Morgan fingerprint density at radius 3 is 2.35 bits per heavy atom. The number of carboxylic acid groups (broad SMARTS) is 1. The summed E-state index contributed by atoms with van der Waals surface area (Å²) in [5, 5.41) is 23.5. The largest absolute Gasteiger partial charge is 0.506 e. The molecule has 298 valence electrons. The molecular weight excluding hydrogens is 698 g/mol. The summed E-state index contributed by atoms with van der Waals surface area (Å²) in [6.45, 7) is 17.9. The second-order valence-corrected chi connectivity index (χ2v) is 17.1. The summed E-state index contributed by atoms with van der Waals surface area (Å²) in [5.74, 6) is -2.05. The predicted octanol–water partition coefficient (Wildman–Crippen LogP) is 8.55. The van der Waals surface area contributed by atoms with E-state index in [1.165, 1.54) is 5.57 Å². The molecule has 0 radical (unpaired) electrons. The molecule has 3 aliphatic heterocycles. The zero-order chi connectivity index (χ0) is 40.5. The average molecular weight is 758 g/mol. The standard InChI is InChI=1S/C45H59NO9/c1-26(2)14-13-20-44(8)21-19-30-36(49)35-37(50)32-24-29-25-33(39(32)53-40(35)31(38(30)54-44)17-16-27(3)4)43(6,7)55-45(9,41(29)51)22-18-28(5)42(52)46-23-12-10-11-15-34(47)48/h14,16,18-19,21,24,29,33,39,49H,10-13,15,17,20,22-23,25H2,1-9H3,(H,46,52)(H,47,48)/b28-18-. The van der Waals surface area contributed by atoms with Gasteiger partial charge in [-0.2, -0.15) is 0 Å². The molecule has 3 heterocycles. The molecule has 1 aliphatic carbocycles. The monoisotopic (exact) mass is 757 g/mol. The molecule has 0 spiro atoms. The molecule has 1 aromatic rings. The van der Waals surface area contributed by atoms with Crippen LogP contribution in [0.1, 0.15) is 135 Å². The Hall–Kier alpha value is -4.44. The van der Waals surface area contributed by atoms with E-state index in [2.05, 4.69) is 31.3 Å². The van der Waals surface area contributed by atoms with Gasteiger partial charge in [0.2, 0.25) is 5.91 Å². The fraction of sp³-hybridized carbons (Fsp3) is 0.556. The van der Waals surface area contributed by atoms with Crippen LogP contribution in [-0.4, -0.2) is 63.1 Å². The summed E-state index contributed by atoms with van der Waals surface area (Å²) >= 11 is 0. The first-order valence-electron chi connectivity index (χ1n) is 19.7. The van der Waals surface area contributed by atoms with E-state index in [-0.39, 0.29) is 47.5 Å². The van der Waals surface area contributed by atoms with Crippen LogP contribution >= 0.6 is 0 Å². The number of unbranched alkanes of at least 4 members (excludes halogenated alkanes) is 2. The molecule has 5 unspecified atom stereocenters. The Kier molecular flexibility index (Phi) is 12.4. The molecule has 10 heteroatoms. The molecule has 55 heavy (non-hydrogen) atoms. The molecule has 4 aliphatic rings. The number of nitrogens with one attached hydrogen (secondary N) is 1. The molecule has 1 amide bonds. The van der Waals surface area contributed by atoms with Crippen molar-refractivity contribution in [2.24, 2.45) is 11.8 Å². The lowest BCUT2D eigenvalue weighted by Crippen LogP contribution is -2.50. The zero-order valence-corrected chi connectivity index (χ0v) is 34.0. The number of hydrogen-bond acceptors (Lipinski definition) is 8. The Labute approximate surface area is 325 Å². The molecule has 1 saturated heterocycles. The topological polar surface area (TPSA) is 148 Å². The highest BCUT2D eigenvalue weighted by atomic mass is 16.5. The third kappa shape index (κ3) is 9.01. The highest BCUT2D eigenvalue weighted by Crippen LogP contribution is 2.55. The van der Waals surface area contributed by atoms with Gasteiger partial charge in [0.05, 0.1) is 11.2 Å². The zero-order valence-electron chi connectivity index (χ0n) is 34.0. The number of aliphatic carboxylic acids is 1. The van der Waals surface area contributed by atoms with Gasteiger partial charge in [-0.15, -0.1) is 0 Å². The van der Waals surface area contributed by atoms with Gasteiger partial charge in [0.15, 0.2) is 11.6 Å². The number of carbonyl (C=O) groups is 4. The lowest BCUT2D eigenvalue weighted by Gasteiger charge is -2.45. The molecule has 10 nitrogen and oxygen atoms in total. The number of carbonyl (C=O) groups excluding carboxylic acids is 3. The third-order valence-corrected chi connectivity index (χ3v) is 11.4. The van der Waals surface area contributed by atoms with Gasteiger partial charge in [-0.05, 0) is 113 Å². The van der Waals surface area contributed by atoms with E-state index in [1.54, 1.807) is 26.0 Å². The Bertz CT molecular complexity index is 1890. The maximum atomic E-state index is 14.6. The van der Waals surface area contributed by atoms with E-state index in [0.717, 1.165) is 18.4 Å². The highest BCUT2D eigenvalue weighted by Gasteiger charge is 2.57. The van der Waals surface area contributed by atoms with Gasteiger partial charge < -0.3 is 29.7 Å². The number of phenolic OH excluding ortho intramolecular Hbond substituents is 1.